The Morgan fingerprint density at radius 1 is 1.29 bits per heavy atom. The first-order valence-corrected chi connectivity index (χ1v) is 7.71. The Morgan fingerprint density at radius 2 is 2.06 bits per heavy atom. The molecule has 0 saturated heterocycles. The molecule has 1 fully saturated rings. The average Bonchev–Trinajstić information content (AvgIpc) is 2.74. The van der Waals surface area contributed by atoms with Crippen LogP contribution < -0.4 is 5.32 Å². The molecular weight excluding hydrogens is 298 g/mol. The second-order valence-electron chi connectivity index (χ2n) is 4.87. The summed E-state index contributed by atoms with van der Waals surface area (Å²) in [5, 5.41) is 3.10. The summed E-state index contributed by atoms with van der Waals surface area (Å²) in [6, 6.07) is 6.05. The number of rotatable bonds is 0. The van der Waals surface area contributed by atoms with Crippen molar-refractivity contribution in [1.82, 2.24) is 0 Å². The number of amides is 1. The lowest BCUT2D eigenvalue weighted by atomic mass is 9.87. The van der Waals surface area contributed by atoms with Crippen molar-refractivity contribution in [3.63, 3.8) is 0 Å². The van der Waals surface area contributed by atoms with Crippen molar-refractivity contribution in [1.29, 1.82) is 0 Å². The van der Waals surface area contributed by atoms with Crippen LogP contribution in [0.4, 0.5) is 5.69 Å². The first-order valence-electron chi connectivity index (χ1n) is 5.93. The van der Waals surface area contributed by atoms with Gasteiger partial charge in [-0.25, -0.2) is 0 Å². The van der Waals surface area contributed by atoms with Gasteiger partial charge in [0.25, 0.3) is 0 Å². The van der Waals surface area contributed by atoms with Gasteiger partial charge in [-0.1, -0.05) is 28.8 Å². The van der Waals surface area contributed by atoms with Crippen LogP contribution in [-0.2, 0) is 4.79 Å². The van der Waals surface area contributed by atoms with Gasteiger partial charge >= 0.3 is 0 Å². The van der Waals surface area contributed by atoms with Gasteiger partial charge in [-0.3, -0.25) is 4.79 Å². The molecule has 1 spiro atoms. The smallest absolute Gasteiger partial charge is 0.231 e. The lowest BCUT2D eigenvalue weighted by Gasteiger charge is -2.24. The van der Waals surface area contributed by atoms with Crippen molar-refractivity contribution in [3.8, 4) is 0 Å². The normalized spacial score (nSPS) is 22.1. The number of fused-ring (bicyclic) bond motifs is 1. The van der Waals surface area contributed by atoms with Crippen LogP contribution >= 0.6 is 27.7 Å². The molecule has 1 aromatic carbocycles. The van der Waals surface area contributed by atoms with E-state index >= 15 is 0 Å². The molecular formula is C13H14BrNOS. The van der Waals surface area contributed by atoms with E-state index in [1.165, 1.54) is 17.7 Å². The number of carbonyl (C=O) groups is 1. The average molecular weight is 312 g/mol. The van der Waals surface area contributed by atoms with Crippen LogP contribution in [0.1, 0.15) is 25.7 Å². The van der Waals surface area contributed by atoms with E-state index in [4.69, 9.17) is 0 Å². The Morgan fingerprint density at radius 3 is 2.82 bits per heavy atom. The van der Waals surface area contributed by atoms with Gasteiger partial charge in [-0.15, -0.1) is 11.8 Å². The number of thioether (sulfide) groups is 1. The van der Waals surface area contributed by atoms with Crippen LogP contribution in [0.3, 0.4) is 0 Å². The molecule has 1 heterocycles. The Labute approximate surface area is 114 Å². The van der Waals surface area contributed by atoms with Gasteiger partial charge in [-0.2, -0.15) is 0 Å². The number of hydrogen-bond donors (Lipinski definition) is 1. The van der Waals surface area contributed by atoms with E-state index in [2.05, 4.69) is 27.3 Å². The minimum atomic E-state index is -0.115. The molecule has 0 atom stereocenters. The zero-order valence-electron chi connectivity index (χ0n) is 9.46. The highest BCUT2D eigenvalue weighted by molar-refractivity contribution is 9.10. The third-order valence-electron chi connectivity index (χ3n) is 3.74. The summed E-state index contributed by atoms with van der Waals surface area (Å²) in [6.45, 7) is 0. The van der Waals surface area contributed by atoms with E-state index < -0.39 is 0 Å². The molecule has 1 amide bonds. The maximum absolute atomic E-state index is 12.3. The van der Waals surface area contributed by atoms with Crippen molar-refractivity contribution >= 4 is 39.3 Å². The maximum atomic E-state index is 12.3. The Hall–Kier alpha value is -0.480. The number of nitrogens with one attached hydrogen (secondary N) is 1. The van der Waals surface area contributed by atoms with E-state index in [9.17, 15) is 4.79 Å². The number of carbonyl (C=O) groups excluding carboxylic acids is 1. The fourth-order valence-corrected chi connectivity index (χ4v) is 4.53. The van der Waals surface area contributed by atoms with Gasteiger partial charge in [0.15, 0.2) is 0 Å². The molecule has 0 radical (unpaired) electrons. The summed E-state index contributed by atoms with van der Waals surface area (Å²) in [7, 11) is 0. The Balaban J connectivity index is 1.96. The van der Waals surface area contributed by atoms with Crippen LogP contribution in [0, 0.1) is 5.41 Å². The summed E-state index contributed by atoms with van der Waals surface area (Å²) < 4.78 is 1.07. The zero-order valence-corrected chi connectivity index (χ0v) is 11.9. The molecule has 1 N–H and O–H groups in total. The predicted octanol–water partition coefficient (Wildman–Crippen LogP) is 4.05. The van der Waals surface area contributed by atoms with Gasteiger partial charge in [0.05, 0.1) is 11.1 Å². The standard InChI is InChI=1S/C13H14BrNOS/c14-9-3-4-10-11(7-9)17-8-13(12(16)15-10)5-1-2-6-13/h3-4,7H,1-2,5-6,8H2,(H,15,16). The quantitative estimate of drug-likeness (QED) is 0.783. The molecule has 90 valence electrons. The molecule has 1 aliphatic carbocycles. The highest BCUT2D eigenvalue weighted by Crippen LogP contribution is 2.47. The largest absolute Gasteiger partial charge is 0.325 e. The number of anilines is 1. The molecule has 17 heavy (non-hydrogen) atoms. The molecule has 2 nitrogen and oxygen atoms in total. The summed E-state index contributed by atoms with van der Waals surface area (Å²) in [5.74, 6) is 1.14. The molecule has 4 heteroatoms. The van der Waals surface area contributed by atoms with Crippen molar-refractivity contribution in [3.05, 3.63) is 22.7 Å². The molecule has 0 bridgehead atoms. The van der Waals surface area contributed by atoms with Crippen molar-refractivity contribution < 1.29 is 4.79 Å². The third kappa shape index (κ3) is 2.02. The van der Waals surface area contributed by atoms with Crippen molar-refractivity contribution in [2.45, 2.75) is 30.6 Å². The van der Waals surface area contributed by atoms with Crippen molar-refractivity contribution in [2.24, 2.45) is 5.41 Å². The van der Waals surface area contributed by atoms with Crippen LogP contribution in [0.25, 0.3) is 0 Å². The second kappa shape index (κ2) is 4.32. The van der Waals surface area contributed by atoms with E-state index in [0.29, 0.717) is 0 Å². The molecule has 1 aromatic rings. The zero-order chi connectivity index (χ0) is 11.9. The summed E-state index contributed by atoms with van der Waals surface area (Å²) in [4.78, 5) is 13.5. The summed E-state index contributed by atoms with van der Waals surface area (Å²) in [6.07, 6.45) is 4.46. The highest BCUT2D eigenvalue weighted by atomic mass is 79.9. The fraction of sp³-hybridized carbons (Fsp3) is 0.462. The monoisotopic (exact) mass is 311 g/mol. The fourth-order valence-electron chi connectivity index (χ4n) is 2.68. The topological polar surface area (TPSA) is 29.1 Å². The van der Waals surface area contributed by atoms with Gasteiger partial charge in [-0.05, 0) is 31.0 Å². The number of benzene rings is 1. The van der Waals surface area contributed by atoms with Crippen LogP contribution in [0.15, 0.2) is 27.6 Å². The number of halogens is 1. The van der Waals surface area contributed by atoms with Crippen molar-refractivity contribution in [2.75, 3.05) is 11.1 Å². The Bertz CT molecular complexity index is 468. The minimum absolute atomic E-state index is 0.115. The van der Waals surface area contributed by atoms with Crippen LogP contribution in [-0.4, -0.2) is 11.7 Å². The lowest BCUT2D eigenvalue weighted by Crippen LogP contribution is -2.34. The number of hydrogen-bond acceptors (Lipinski definition) is 2. The van der Waals surface area contributed by atoms with Gasteiger partial charge in [0.1, 0.15) is 0 Å². The van der Waals surface area contributed by atoms with Crippen LogP contribution in [0.5, 0.6) is 0 Å². The molecule has 0 aromatic heterocycles. The lowest BCUT2D eigenvalue weighted by molar-refractivity contribution is -0.124. The predicted molar refractivity (Wildman–Crippen MR) is 74.4 cm³/mol. The summed E-state index contributed by atoms with van der Waals surface area (Å²) >= 11 is 5.29. The van der Waals surface area contributed by atoms with E-state index in [1.807, 2.05) is 23.9 Å². The molecule has 1 saturated carbocycles. The van der Waals surface area contributed by atoms with E-state index in [-0.39, 0.29) is 11.3 Å². The molecule has 1 aliphatic heterocycles. The van der Waals surface area contributed by atoms with Gasteiger partial charge < -0.3 is 5.32 Å². The highest BCUT2D eigenvalue weighted by Gasteiger charge is 2.42. The SMILES string of the molecule is O=C1Nc2ccc(Br)cc2SCC12CCCC2. The third-order valence-corrected chi connectivity index (χ3v) is 5.58. The van der Waals surface area contributed by atoms with E-state index in [1.54, 1.807) is 0 Å². The molecule has 3 rings (SSSR count). The minimum Gasteiger partial charge on any atom is -0.325 e. The first-order chi connectivity index (χ1) is 8.20. The van der Waals surface area contributed by atoms with Crippen LogP contribution in [0.2, 0.25) is 0 Å². The molecule has 2 aliphatic rings. The van der Waals surface area contributed by atoms with E-state index in [0.717, 1.165) is 28.8 Å². The van der Waals surface area contributed by atoms with Gasteiger partial charge in [0.2, 0.25) is 5.91 Å². The summed E-state index contributed by atoms with van der Waals surface area (Å²) in [5.41, 5.74) is 0.850. The maximum Gasteiger partial charge on any atom is 0.231 e. The molecule has 0 unspecified atom stereocenters. The second-order valence-corrected chi connectivity index (χ2v) is 6.80. The Kier molecular flexibility index (Phi) is 2.95. The van der Waals surface area contributed by atoms with Gasteiger partial charge in [0, 0.05) is 15.1 Å². The first kappa shape index (κ1) is 11.6.